The van der Waals surface area contributed by atoms with Crippen molar-refractivity contribution in [2.45, 2.75) is 13.0 Å². The van der Waals surface area contributed by atoms with Crippen molar-refractivity contribution in [2.75, 3.05) is 44.7 Å². The number of benzene rings is 2. The Bertz CT molecular complexity index is 1180. The molecule has 1 aliphatic rings. The Labute approximate surface area is 210 Å². The SMILES string of the molecule is COc1ccc(CNC(=O)c2cccnc2N2CCN(C(=O)NCCc3ccccc3F)CC2)cc1. The molecular weight excluding hydrogens is 461 g/mol. The van der Waals surface area contributed by atoms with Crippen LogP contribution in [0.15, 0.2) is 66.9 Å². The zero-order chi connectivity index (χ0) is 25.3. The minimum Gasteiger partial charge on any atom is -0.497 e. The number of nitrogens with one attached hydrogen (secondary N) is 2. The molecule has 1 aromatic heterocycles. The molecule has 36 heavy (non-hydrogen) atoms. The van der Waals surface area contributed by atoms with E-state index in [-0.39, 0.29) is 17.8 Å². The zero-order valence-electron chi connectivity index (χ0n) is 20.2. The standard InChI is InChI=1S/C27H30FN5O3/c1-36-22-10-8-20(9-11-22)19-31-26(34)23-6-4-13-29-25(23)32-15-17-33(18-16-32)27(35)30-14-12-21-5-2-3-7-24(21)28/h2-11,13H,12,14-19H2,1H3,(H,30,35)(H,31,34). The van der Waals surface area contributed by atoms with Crippen molar-refractivity contribution in [3.05, 3.63) is 89.4 Å². The van der Waals surface area contributed by atoms with E-state index >= 15 is 0 Å². The van der Waals surface area contributed by atoms with E-state index in [0.717, 1.165) is 11.3 Å². The van der Waals surface area contributed by atoms with E-state index in [0.29, 0.717) is 62.6 Å². The third kappa shape index (κ3) is 6.29. The van der Waals surface area contributed by atoms with Crippen LogP contribution in [0.3, 0.4) is 0 Å². The summed E-state index contributed by atoms with van der Waals surface area (Å²) in [6.45, 7) is 2.84. The summed E-state index contributed by atoms with van der Waals surface area (Å²) >= 11 is 0. The van der Waals surface area contributed by atoms with Gasteiger partial charge in [0.1, 0.15) is 17.4 Å². The van der Waals surface area contributed by atoms with Gasteiger partial charge in [-0.05, 0) is 47.9 Å². The molecule has 2 heterocycles. The summed E-state index contributed by atoms with van der Waals surface area (Å²) in [5, 5.41) is 5.82. The molecule has 0 bridgehead atoms. The molecule has 8 nitrogen and oxygen atoms in total. The number of hydrogen-bond acceptors (Lipinski definition) is 5. The molecule has 0 atom stereocenters. The van der Waals surface area contributed by atoms with Gasteiger partial charge in [0.25, 0.3) is 5.91 Å². The summed E-state index contributed by atoms with van der Waals surface area (Å²) in [7, 11) is 1.61. The number of aromatic nitrogens is 1. The van der Waals surface area contributed by atoms with Crippen LogP contribution < -0.4 is 20.3 Å². The van der Waals surface area contributed by atoms with Crippen LogP contribution in [-0.2, 0) is 13.0 Å². The third-order valence-electron chi connectivity index (χ3n) is 6.14. The van der Waals surface area contributed by atoms with Gasteiger partial charge < -0.3 is 25.2 Å². The number of rotatable bonds is 8. The minimum absolute atomic E-state index is 0.176. The van der Waals surface area contributed by atoms with Crippen LogP contribution in [0, 0.1) is 5.82 Å². The minimum atomic E-state index is -0.264. The van der Waals surface area contributed by atoms with Gasteiger partial charge in [-0.3, -0.25) is 4.79 Å². The van der Waals surface area contributed by atoms with Crippen molar-refractivity contribution in [1.82, 2.24) is 20.5 Å². The molecular formula is C27H30FN5O3. The number of amides is 3. The average Bonchev–Trinajstić information content (AvgIpc) is 2.93. The van der Waals surface area contributed by atoms with Crippen LogP contribution in [0.4, 0.5) is 15.0 Å². The van der Waals surface area contributed by atoms with Crippen LogP contribution in [0.1, 0.15) is 21.5 Å². The number of ether oxygens (including phenoxy) is 1. The maximum atomic E-state index is 13.8. The fraction of sp³-hybridized carbons (Fsp3) is 0.296. The van der Waals surface area contributed by atoms with E-state index in [9.17, 15) is 14.0 Å². The lowest BCUT2D eigenvalue weighted by atomic mass is 10.1. The second-order valence-corrected chi connectivity index (χ2v) is 8.45. The van der Waals surface area contributed by atoms with Gasteiger partial charge in [0.2, 0.25) is 0 Å². The quantitative estimate of drug-likeness (QED) is 0.505. The van der Waals surface area contributed by atoms with E-state index in [1.165, 1.54) is 6.07 Å². The molecule has 3 aromatic rings. The number of nitrogens with zero attached hydrogens (tertiary/aromatic N) is 3. The monoisotopic (exact) mass is 491 g/mol. The lowest BCUT2D eigenvalue weighted by molar-refractivity contribution is 0.0950. The van der Waals surface area contributed by atoms with Crippen molar-refractivity contribution >= 4 is 17.8 Å². The molecule has 1 aliphatic heterocycles. The lowest BCUT2D eigenvalue weighted by Crippen LogP contribution is -2.52. The molecule has 0 saturated carbocycles. The Hall–Kier alpha value is -4.14. The first-order valence-electron chi connectivity index (χ1n) is 11.9. The Morgan fingerprint density at radius 2 is 1.72 bits per heavy atom. The van der Waals surface area contributed by atoms with Gasteiger partial charge in [-0.15, -0.1) is 0 Å². The molecule has 0 unspecified atom stereocenters. The molecule has 9 heteroatoms. The second kappa shape index (κ2) is 12.0. The third-order valence-corrected chi connectivity index (χ3v) is 6.14. The fourth-order valence-corrected chi connectivity index (χ4v) is 4.09. The molecule has 0 spiro atoms. The van der Waals surface area contributed by atoms with Crippen LogP contribution in [0.25, 0.3) is 0 Å². The summed E-state index contributed by atoms with van der Waals surface area (Å²) in [6.07, 6.45) is 2.10. The lowest BCUT2D eigenvalue weighted by Gasteiger charge is -2.36. The summed E-state index contributed by atoms with van der Waals surface area (Å²) < 4.78 is 18.9. The van der Waals surface area contributed by atoms with E-state index in [4.69, 9.17) is 4.74 Å². The Kier molecular flexibility index (Phi) is 8.33. The number of halogens is 1. The Morgan fingerprint density at radius 1 is 0.972 bits per heavy atom. The highest BCUT2D eigenvalue weighted by Crippen LogP contribution is 2.19. The smallest absolute Gasteiger partial charge is 0.317 e. The maximum absolute atomic E-state index is 13.8. The predicted molar refractivity (Wildman–Crippen MR) is 136 cm³/mol. The molecule has 2 N–H and O–H groups in total. The number of carbonyl (C=O) groups excluding carboxylic acids is 2. The van der Waals surface area contributed by atoms with Crippen molar-refractivity contribution < 1.29 is 18.7 Å². The molecule has 1 saturated heterocycles. The maximum Gasteiger partial charge on any atom is 0.317 e. The second-order valence-electron chi connectivity index (χ2n) is 8.45. The van der Waals surface area contributed by atoms with Crippen molar-refractivity contribution in [1.29, 1.82) is 0 Å². The average molecular weight is 492 g/mol. The predicted octanol–water partition coefficient (Wildman–Crippen LogP) is 3.23. The summed E-state index contributed by atoms with van der Waals surface area (Å²) in [5.41, 5.74) is 2.04. The van der Waals surface area contributed by atoms with E-state index in [1.54, 1.807) is 48.5 Å². The van der Waals surface area contributed by atoms with Gasteiger partial charge in [0.15, 0.2) is 0 Å². The Balaban J connectivity index is 1.28. The van der Waals surface area contributed by atoms with Gasteiger partial charge >= 0.3 is 6.03 Å². The summed E-state index contributed by atoms with van der Waals surface area (Å²) in [6, 6.07) is 17.4. The van der Waals surface area contributed by atoms with E-state index < -0.39 is 0 Å². The van der Waals surface area contributed by atoms with Crippen LogP contribution in [0.2, 0.25) is 0 Å². The van der Waals surface area contributed by atoms with Crippen LogP contribution >= 0.6 is 0 Å². The first kappa shape index (κ1) is 25.0. The molecule has 0 aliphatic carbocycles. The number of carbonyl (C=O) groups is 2. The van der Waals surface area contributed by atoms with Gasteiger partial charge in [-0.25, -0.2) is 14.2 Å². The highest BCUT2D eigenvalue weighted by atomic mass is 19.1. The summed E-state index contributed by atoms with van der Waals surface area (Å²) in [5.74, 6) is 0.892. The highest BCUT2D eigenvalue weighted by molar-refractivity contribution is 5.98. The van der Waals surface area contributed by atoms with Crippen molar-refractivity contribution in [2.24, 2.45) is 0 Å². The van der Waals surface area contributed by atoms with Gasteiger partial charge in [-0.2, -0.15) is 0 Å². The van der Waals surface area contributed by atoms with E-state index in [2.05, 4.69) is 15.6 Å². The van der Waals surface area contributed by atoms with Crippen molar-refractivity contribution in [3.63, 3.8) is 0 Å². The molecule has 0 radical (unpaired) electrons. The molecule has 4 rings (SSSR count). The van der Waals surface area contributed by atoms with Gasteiger partial charge in [0, 0.05) is 45.5 Å². The first-order valence-corrected chi connectivity index (χ1v) is 11.9. The number of methoxy groups -OCH3 is 1. The number of hydrogen-bond donors (Lipinski definition) is 2. The number of piperazine rings is 1. The molecule has 2 aromatic carbocycles. The fourth-order valence-electron chi connectivity index (χ4n) is 4.09. The highest BCUT2D eigenvalue weighted by Gasteiger charge is 2.25. The van der Waals surface area contributed by atoms with Crippen molar-refractivity contribution in [3.8, 4) is 5.75 Å². The largest absolute Gasteiger partial charge is 0.497 e. The zero-order valence-corrected chi connectivity index (χ0v) is 20.2. The summed E-state index contributed by atoms with van der Waals surface area (Å²) in [4.78, 5) is 33.7. The Morgan fingerprint density at radius 3 is 2.44 bits per heavy atom. The van der Waals surface area contributed by atoms with Crippen LogP contribution in [0.5, 0.6) is 5.75 Å². The molecule has 1 fully saturated rings. The van der Waals surface area contributed by atoms with Gasteiger partial charge in [-0.1, -0.05) is 30.3 Å². The van der Waals surface area contributed by atoms with Gasteiger partial charge in [0.05, 0.1) is 12.7 Å². The topological polar surface area (TPSA) is 86.8 Å². The van der Waals surface area contributed by atoms with Crippen LogP contribution in [-0.4, -0.2) is 61.7 Å². The number of pyridine rings is 1. The number of urea groups is 1. The molecule has 3 amide bonds. The molecule has 188 valence electrons. The number of anilines is 1. The van der Waals surface area contributed by atoms with E-state index in [1.807, 2.05) is 29.2 Å². The normalized spacial score (nSPS) is 13.3. The first-order chi connectivity index (χ1) is 17.5.